The molecule has 0 aliphatic rings. The van der Waals surface area contributed by atoms with E-state index in [4.69, 9.17) is 10.4 Å². The van der Waals surface area contributed by atoms with Gasteiger partial charge in [-0.25, -0.2) is 4.79 Å². The van der Waals surface area contributed by atoms with Crippen LogP contribution in [0.4, 0.5) is 5.69 Å². The zero-order valence-electron chi connectivity index (χ0n) is 11.0. The average Bonchev–Trinajstić information content (AvgIpc) is 2.89. The maximum atomic E-state index is 10.7. The fourth-order valence-electron chi connectivity index (χ4n) is 1.57. The lowest BCUT2D eigenvalue weighted by molar-refractivity contribution is 0.0697. The Kier molecular flexibility index (Phi) is 4.98. The first kappa shape index (κ1) is 15.1. The number of benzene rings is 1. The second-order valence-corrected chi connectivity index (χ2v) is 5.50. The summed E-state index contributed by atoms with van der Waals surface area (Å²) < 4.78 is 4.20. The van der Waals surface area contributed by atoms with Crippen LogP contribution < -0.4 is 5.32 Å². The molecule has 0 unspecified atom stereocenters. The van der Waals surface area contributed by atoms with Gasteiger partial charge < -0.3 is 10.4 Å². The van der Waals surface area contributed by atoms with E-state index in [1.165, 1.54) is 35.4 Å². The smallest absolute Gasteiger partial charge is 0.335 e. The van der Waals surface area contributed by atoms with Crippen molar-refractivity contribution in [3.05, 3.63) is 46.5 Å². The van der Waals surface area contributed by atoms with Gasteiger partial charge in [-0.1, -0.05) is 0 Å². The van der Waals surface area contributed by atoms with Crippen molar-refractivity contribution in [1.82, 2.24) is 4.37 Å². The third-order valence-electron chi connectivity index (χ3n) is 2.61. The molecule has 1 aromatic heterocycles. The van der Waals surface area contributed by atoms with Gasteiger partial charge in [-0.05, 0) is 48.1 Å². The summed E-state index contributed by atoms with van der Waals surface area (Å²) in [5.74, 6) is -0.954. The first-order chi connectivity index (χ1) is 10.2. The Morgan fingerprint density at radius 2 is 2.19 bits per heavy atom. The normalized spacial score (nSPS) is 10.5. The highest BCUT2D eigenvalue weighted by atomic mass is 32.2. The second-order valence-electron chi connectivity index (χ2n) is 3.90. The molecule has 2 aromatic rings. The highest BCUT2D eigenvalue weighted by Gasteiger charge is 2.09. The van der Waals surface area contributed by atoms with Gasteiger partial charge in [0, 0.05) is 11.9 Å². The van der Waals surface area contributed by atoms with Gasteiger partial charge in [0.05, 0.1) is 10.4 Å². The number of anilines is 1. The largest absolute Gasteiger partial charge is 0.478 e. The lowest BCUT2D eigenvalue weighted by atomic mass is 10.2. The first-order valence-electron chi connectivity index (χ1n) is 5.86. The topological polar surface area (TPSA) is 86.0 Å². The molecule has 106 valence electrons. The number of carboxylic acid groups (broad SMARTS) is 1. The molecular weight excluding hydrogens is 306 g/mol. The summed E-state index contributed by atoms with van der Waals surface area (Å²) >= 11 is 2.71. The summed E-state index contributed by atoms with van der Waals surface area (Å²) in [6.45, 7) is 0. The number of nitriles is 1. The van der Waals surface area contributed by atoms with E-state index in [1.807, 2.05) is 6.26 Å². The molecule has 0 saturated heterocycles. The number of carbonyl (C=O) groups is 1. The van der Waals surface area contributed by atoms with Gasteiger partial charge in [0.25, 0.3) is 0 Å². The number of nitrogens with zero attached hydrogens (tertiary/aromatic N) is 2. The van der Waals surface area contributed by atoms with Crippen LogP contribution in [0, 0.1) is 11.3 Å². The van der Waals surface area contributed by atoms with Crippen LogP contribution in [0.5, 0.6) is 0 Å². The third kappa shape index (κ3) is 3.62. The zero-order valence-corrected chi connectivity index (χ0v) is 12.7. The summed E-state index contributed by atoms with van der Waals surface area (Å²) in [5, 5.41) is 21.7. The number of aromatic nitrogens is 1. The SMILES string of the molecule is CSc1nsc(/C=C/Nc2ccc(C(=O)O)cc2)c1C#N. The molecule has 0 spiro atoms. The maximum absolute atomic E-state index is 10.7. The van der Waals surface area contributed by atoms with Gasteiger partial charge in [-0.2, -0.15) is 9.64 Å². The molecule has 7 heteroatoms. The highest BCUT2D eigenvalue weighted by molar-refractivity contribution is 7.98. The predicted molar refractivity (Wildman–Crippen MR) is 84.7 cm³/mol. The first-order valence-corrected chi connectivity index (χ1v) is 7.85. The predicted octanol–water partition coefficient (Wildman–Crippen LogP) is 3.52. The van der Waals surface area contributed by atoms with Crippen LogP contribution in [0.1, 0.15) is 20.8 Å². The maximum Gasteiger partial charge on any atom is 0.335 e. The van der Waals surface area contributed by atoms with Crippen molar-refractivity contribution in [1.29, 1.82) is 5.26 Å². The Hall–Kier alpha value is -2.30. The Bertz CT molecular complexity index is 715. The molecule has 2 N–H and O–H groups in total. The molecule has 0 aliphatic carbocycles. The summed E-state index contributed by atoms with van der Waals surface area (Å²) in [6, 6.07) is 8.56. The van der Waals surface area contributed by atoms with E-state index in [9.17, 15) is 4.79 Å². The van der Waals surface area contributed by atoms with Gasteiger partial charge in [0.2, 0.25) is 0 Å². The van der Waals surface area contributed by atoms with Crippen molar-refractivity contribution >= 4 is 41.0 Å². The fraction of sp³-hybridized carbons (Fsp3) is 0.0714. The van der Waals surface area contributed by atoms with E-state index < -0.39 is 5.97 Å². The molecule has 0 aliphatic heterocycles. The van der Waals surface area contributed by atoms with Gasteiger partial charge >= 0.3 is 5.97 Å². The number of thioether (sulfide) groups is 1. The molecule has 0 atom stereocenters. The highest BCUT2D eigenvalue weighted by Crippen LogP contribution is 2.26. The zero-order chi connectivity index (χ0) is 15.2. The summed E-state index contributed by atoms with van der Waals surface area (Å²) in [7, 11) is 0. The van der Waals surface area contributed by atoms with E-state index in [0.717, 1.165) is 15.6 Å². The molecule has 21 heavy (non-hydrogen) atoms. The Morgan fingerprint density at radius 1 is 1.48 bits per heavy atom. The minimum Gasteiger partial charge on any atom is -0.478 e. The van der Waals surface area contributed by atoms with Crippen molar-refractivity contribution in [3.63, 3.8) is 0 Å². The molecule has 0 fully saturated rings. The second kappa shape index (κ2) is 6.92. The molecule has 5 nitrogen and oxygen atoms in total. The molecule has 0 bridgehead atoms. The Balaban J connectivity index is 2.07. The Morgan fingerprint density at radius 3 is 2.76 bits per heavy atom. The summed E-state index contributed by atoms with van der Waals surface area (Å²) in [6.07, 6.45) is 5.36. The molecule has 1 heterocycles. The average molecular weight is 317 g/mol. The number of carboxylic acids is 1. The van der Waals surface area contributed by atoms with Gasteiger partial charge in [-0.3, -0.25) is 0 Å². The van der Waals surface area contributed by atoms with Gasteiger partial charge in [0.1, 0.15) is 16.7 Å². The van der Waals surface area contributed by atoms with Gasteiger partial charge in [0.15, 0.2) is 0 Å². The summed E-state index contributed by atoms with van der Waals surface area (Å²) in [5.41, 5.74) is 1.58. The van der Waals surface area contributed by atoms with Crippen molar-refractivity contribution < 1.29 is 9.90 Å². The number of rotatable bonds is 5. The number of aromatic carboxylic acids is 1. The minimum absolute atomic E-state index is 0.239. The van der Waals surface area contributed by atoms with Crippen molar-refractivity contribution in [2.45, 2.75) is 5.03 Å². The molecule has 2 rings (SSSR count). The van der Waals surface area contributed by atoms with Crippen LogP contribution in [0.2, 0.25) is 0 Å². The summed E-state index contributed by atoms with van der Waals surface area (Å²) in [4.78, 5) is 11.5. The third-order valence-corrected chi connectivity index (χ3v) is 4.22. The van der Waals surface area contributed by atoms with Crippen LogP contribution in [0.25, 0.3) is 6.08 Å². The van der Waals surface area contributed by atoms with Crippen LogP contribution in [-0.4, -0.2) is 21.7 Å². The lowest BCUT2D eigenvalue weighted by Gasteiger charge is -2.00. The van der Waals surface area contributed by atoms with Crippen molar-refractivity contribution in [2.75, 3.05) is 11.6 Å². The van der Waals surface area contributed by atoms with Crippen LogP contribution >= 0.6 is 23.3 Å². The Labute approximate surface area is 130 Å². The van der Waals surface area contributed by atoms with Crippen molar-refractivity contribution in [2.24, 2.45) is 0 Å². The van der Waals surface area contributed by atoms with E-state index >= 15 is 0 Å². The van der Waals surface area contributed by atoms with Crippen LogP contribution in [-0.2, 0) is 0 Å². The van der Waals surface area contributed by atoms with Crippen LogP contribution in [0.3, 0.4) is 0 Å². The van der Waals surface area contributed by atoms with E-state index in [0.29, 0.717) is 5.56 Å². The monoisotopic (exact) mass is 317 g/mol. The lowest BCUT2D eigenvalue weighted by Crippen LogP contribution is -1.96. The molecule has 0 radical (unpaired) electrons. The van der Waals surface area contributed by atoms with E-state index in [-0.39, 0.29) is 5.56 Å². The molecule has 0 saturated carbocycles. The van der Waals surface area contributed by atoms with Crippen molar-refractivity contribution in [3.8, 4) is 6.07 Å². The van der Waals surface area contributed by atoms with E-state index in [2.05, 4.69) is 15.8 Å². The van der Waals surface area contributed by atoms with E-state index in [1.54, 1.807) is 24.4 Å². The van der Waals surface area contributed by atoms with Crippen LogP contribution in [0.15, 0.2) is 35.5 Å². The standard InChI is InChI=1S/C14H11N3O2S2/c1-20-13-11(8-15)12(21-17-13)6-7-16-10-4-2-9(3-5-10)14(18)19/h2-7,16H,1H3,(H,18,19)/b7-6+. The quantitative estimate of drug-likeness (QED) is 0.821. The van der Waals surface area contributed by atoms with Gasteiger partial charge in [-0.15, -0.1) is 11.8 Å². The molecular formula is C14H11N3O2S2. The molecule has 1 aromatic carbocycles. The number of hydrogen-bond donors (Lipinski definition) is 2. The number of hydrogen-bond acceptors (Lipinski definition) is 6. The molecule has 0 amide bonds. The minimum atomic E-state index is -0.954. The fourth-order valence-corrected chi connectivity index (χ4v) is 3.04. The number of nitrogens with one attached hydrogen (secondary N) is 1.